The van der Waals surface area contributed by atoms with E-state index in [2.05, 4.69) is 45.5 Å². The molecule has 0 atom stereocenters. The van der Waals surface area contributed by atoms with Gasteiger partial charge in [-0.3, -0.25) is 0 Å². The minimum atomic E-state index is 0.247. The van der Waals surface area contributed by atoms with Gasteiger partial charge in [0.05, 0.1) is 13.2 Å². The Morgan fingerprint density at radius 2 is 2.11 bits per heavy atom. The summed E-state index contributed by atoms with van der Waals surface area (Å²) in [6, 6.07) is 8.60. The van der Waals surface area contributed by atoms with Crippen LogP contribution in [-0.2, 0) is 14.9 Å². The van der Waals surface area contributed by atoms with Crippen molar-refractivity contribution in [1.82, 2.24) is 5.32 Å². The van der Waals surface area contributed by atoms with Crippen LogP contribution in [-0.4, -0.2) is 40.0 Å². The first-order chi connectivity index (χ1) is 8.77. The molecule has 0 amide bonds. The largest absolute Gasteiger partial charge is 0.382 e. The van der Waals surface area contributed by atoms with Gasteiger partial charge in [0.15, 0.2) is 0 Å². The summed E-state index contributed by atoms with van der Waals surface area (Å²) < 4.78 is 11.7. The number of hydrogen-bond donors (Lipinski definition) is 1. The quantitative estimate of drug-likeness (QED) is 0.784. The highest BCUT2D eigenvalue weighted by Crippen LogP contribution is 2.33. The fourth-order valence-corrected chi connectivity index (χ4v) is 2.68. The van der Waals surface area contributed by atoms with Crippen molar-refractivity contribution < 1.29 is 9.47 Å². The Hall–Kier alpha value is -0.420. The lowest BCUT2D eigenvalue weighted by atomic mass is 9.73. The van der Waals surface area contributed by atoms with Crippen molar-refractivity contribution >= 4 is 15.9 Å². The second-order valence-electron chi connectivity index (χ2n) is 4.75. The van der Waals surface area contributed by atoms with Crippen LogP contribution >= 0.6 is 15.9 Å². The smallest absolute Gasteiger partial charge is 0.0700 e. The molecule has 0 saturated carbocycles. The Bertz CT molecular complexity index is 380. The van der Waals surface area contributed by atoms with Crippen LogP contribution in [0.1, 0.15) is 12.0 Å². The molecular formula is C14H20BrNO2. The maximum absolute atomic E-state index is 5.59. The highest BCUT2D eigenvalue weighted by Gasteiger charge is 2.38. The van der Waals surface area contributed by atoms with E-state index in [0.717, 1.165) is 30.6 Å². The minimum absolute atomic E-state index is 0.247. The summed E-state index contributed by atoms with van der Waals surface area (Å²) in [6.45, 7) is 4.21. The first kappa shape index (κ1) is 14.0. The second-order valence-corrected chi connectivity index (χ2v) is 5.67. The van der Waals surface area contributed by atoms with Crippen LogP contribution in [0, 0.1) is 0 Å². The number of halogens is 1. The molecule has 1 N–H and O–H groups in total. The molecule has 0 aliphatic carbocycles. The van der Waals surface area contributed by atoms with Crippen molar-refractivity contribution in [2.75, 3.05) is 40.0 Å². The Labute approximate surface area is 117 Å². The van der Waals surface area contributed by atoms with Gasteiger partial charge < -0.3 is 14.8 Å². The summed E-state index contributed by atoms with van der Waals surface area (Å²) >= 11 is 3.54. The van der Waals surface area contributed by atoms with Gasteiger partial charge in [-0.25, -0.2) is 0 Å². The average Bonchev–Trinajstić information content (AvgIpc) is 2.32. The van der Waals surface area contributed by atoms with E-state index < -0.39 is 0 Å². The summed E-state index contributed by atoms with van der Waals surface area (Å²) in [5.41, 5.74) is 1.64. The molecule has 0 bridgehead atoms. The lowest BCUT2D eigenvalue weighted by Crippen LogP contribution is -2.57. The van der Waals surface area contributed by atoms with Gasteiger partial charge in [0, 0.05) is 36.7 Å². The molecule has 1 aromatic carbocycles. The molecule has 0 radical (unpaired) electrons. The van der Waals surface area contributed by atoms with E-state index in [1.54, 1.807) is 7.11 Å². The van der Waals surface area contributed by atoms with Crippen molar-refractivity contribution in [3.8, 4) is 0 Å². The molecule has 1 saturated heterocycles. The molecule has 100 valence electrons. The van der Waals surface area contributed by atoms with E-state index in [-0.39, 0.29) is 5.41 Å². The molecule has 1 aliphatic heterocycles. The van der Waals surface area contributed by atoms with Crippen LogP contribution in [0.5, 0.6) is 0 Å². The van der Waals surface area contributed by atoms with Gasteiger partial charge in [0.1, 0.15) is 0 Å². The third-order valence-electron chi connectivity index (χ3n) is 3.52. The van der Waals surface area contributed by atoms with Gasteiger partial charge >= 0.3 is 0 Å². The highest BCUT2D eigenvalue weighted by atomic mass is 79.9. The van der Waals surface area contributed by atoms with E-state index in [0.29, 0.717) is 13.2 Å². The van der Waals surface area contributed by atoms with Crippen LogP contribution in [0.25, 0.3) is 0 Å². The third kappa shape index (κ3) is 3.32. The zero-order chi connectivity index (χ0) is 12.8. The van der Waals surface area contributed by atoms with Gasteiger partial charge in [-0.05, 0) is 24.1 Å². The third-order valence-corrected chi connectivity index (χ3v) is 4.01. The first-order valence-electron chi connectivity index (χ1n) is 6.30. The second kappa shape index (κ2) is 6.66. The van der Waals surface area contributed by atoms with Crippen LogP contribution in [0.4, 0.5) is 0 Å². The Kier molecular flexibility index (Phi) is 5.18. The normalized spacial score (nSPS) is 17.4. The number of benzene rings is 1. The number of methoxy groups -OCH3 is 1. The number of rotatable bonds is 7. The summed E-state index contributed by atoms with van der Waals surface area (Å²) in [5.74, 6) is 0. The maximum atomic E-state index is 5.59. The molecule has 1 aliphatic rings. The van der Waals surface area contributed by atoms with Crippen molar-refractivity contribution in [1.29, 1.82) is 0 Å². The fourth-order valence-electron chi connectivity index (χ4n) is 2.28. The van der Waals surface area contributed by atoms with E-state index in [1.807, 2.05) is 0 Å². The Balaban J connectivity index is 1.90. The summed E-state index contributed by atoms with van der Waals surface area (Å²) in [7, 11) is 1.70. The van der Waals surface area contributed by atoms with Crippen LogP contribution < -0.4 is 5.32 Å². The number of nitrogens with one attached hydrogen (secondary N) is 1. The molecule has 1 fully saturated rings. The van der Waals surface area contributed by atoms with Crippen LogP contribution in [0.15, 0.2) is 28.7 Å². The topological polar surface area (TPSA) is 30.5 Å². The lowest BCUT2D eigenvalue weighted by molar-refractivity contribution is 0.0546. The van der Waals surface area contributed by atoms with Crippen molar-refractivity contribution in [3.05, 3.63) is 34.3 Å². The predicted octanol–water partition coefficient (Wildman–Crippen LogP) is 2.34. The van der Waals surface area contributed by atoms with Crippen molar-refractivity contribution in [2.45, 2.75) is 11.8 Å². The molecule has 2 rings (SSSR count). The lowest BCUT2D eigenvalue weighted by Gasteiger charge is -2.43. The Morgan fingerprint density at radius 1 is 1.28 bits per heavy atom. The SMILES string of the molecule is COCCOCCC1(c2cccc(Br)c2)CNC1. The molecule has 0 spiro atoms. The molecule has 18 heavy (non-hydrogen) atoms. The summed E-state index contributed by atoms with van der Waals surface area (Å²) in [4.78, 5) is 0. The first-order valence-corrected chi connectivity index (χ1v) is 7.10. The van der Waals surface area contributed by atoms with E-state index >= 15 is 0 Å². The predicted molar refractivity (Wildman–Crippen MR) is 76.0 cm³/mol. The van der Waals surface area contributed by atoms with Gasteiger partial charge in [0.25, 0.3) is 0 Å². The molecule has 1 heterocycles. The molecular weight excluding hydrogens is 294 g/mol. The van der Waals surface area contributed by atoms with Gasteiger partial charge in [-0.1, -0.05) is 28.1 Å². The zero-order valence-corrected chi connectivity index (χ0v) is 12.3. The fraction of sp³-hybridized carbons (Fsp3) is 0.571. The minimum Gasteiger partial charge on any atom is -0.382 e. The van der Waals surface area contributed by atoms with Crippen LogP contribution in [0.2, 0.25) is 0 Å². The number of ether oxygens (including phenoxy) is 2. The van der Waals surface area contributed by atoms with Crippen LogP contribution in [0.3, 0.4) is 0 Å². The van der Waals surface area contributed by atoms with Gasteiger partial charge in [-0.15, -0.1) is 0 Å². The van der Waals surface area contributed by atoms with Crippen molar-refractivity contribution in [3.63, 3.8) is 0 Å². The Morgan fingerprint density at radius 3 is 2.72 bits per heavy atom. The molecule has 4 heteroatoms. The maximum Gasteiger partial charge on any atom is 0.0700 e. The molecule has 0 aromatic heterocycles. The van der Waals surface area contributed by atoms with E-state index in [1.165, 1.54) is 5.56 Å². The van der Waals surface area contributed by atoms with Gasteiger partial charge in [-0.2, -0.15) is 0 Å². The zero-order valence-electron chi connectivity index (χ0n) is 10.7. The average molecular weight is 314 g/mol. The molecule has 3 nitrogen and oxygen atoms in total. The van der Waals surface area contributed by atoms with E-state index in [9.17, 15) is 0 Å². The van der Waals surface area contributed by atoms with Crippen molar-refractivity contribution in [2.24, 2.45) is 0 Å². The van der Waals surface area contributed by atoms with E-state index in [4.69, 9.17) is 9.47 Å². The highest BCUT2D eigenvalue weighted by molar-refractivity contribution is 9.10. The molecule has 0 unspecified atom stereocenters. The standard InChI is InChI=1S/C14H20BrNO2/c1-17-7-8-18-6-5-14(10-16-11-14)12-3-2-4-13(15)9-12/h2-4,9,16H,5-8,10-11H2,1H3. The summed E-state index contributed by atoms with van der Waals surface area (Å²) in [5, 5.41) is 3.38. The summed E-state index contributed by atoms with van der Waals surface area (Å²) in [6.07, 6.45) is 1.06. The van der Waals surface area contributed by atoms with Gasteiger partial charge in [0.2, 0.25) is 0 Å². The monoisotopic (exact) mass is 313 g/mol. The number of hydrogen-bond acceptors (Lipinski definition) is 3. The molecule has 1 aromatic rings.